The van der Waals surface area contributed by atoms with E-state index in [2.05, 4.69) is 9.97 Å². The first kappa shape index (κ1) is 13.0. The second-order valence-corrected chi connectivity index (χ2v) is 3.57. The van der Waals surface area contributed by atoms with E-state index < -0.39 is 5.56 Å². The highest BCUT2D eigenvalue weighted by Crippen LogP contribution is 2.36. The van der Waals surface area contributed by atoms with E-state index in [1.807, 2.05) is 0 Å². The van der Waals surface area contributed by atoms with Crippen LogP contribution in [0, 0.1) is 0 Å². The molecular formula is C11H10ClN3O4. The van der Waals surface area contributed by atoms with Crippen LogP contribution in [0.15, 0.2) is 29.3 Å². The van der Waals surface area contributed by atoms with Crippen molar-refractivity contribution >= 4 is 18.1 Å². The summed E-state index contributed by atoms with van der Waals surface area (Å²) in [6.07, 6.45) is 1.22. The standard InChI is InChI=1S/C11H9N3O4.ClH/c12-9-10(15)13-4-14-11(9)18-6-1-2-7-8(3-6)17-5-16-7;/h1-4H,5,12H2,(H,13,14,15);1H. The van der Waals surface area contributed by atoms with Gasteiger partial charge in [0, 0.05) is 6.07 Å². The number of ether oxygens (including phenoxy) is 3. The minimum absolute atomic E-state index is 0. The number of rotatable bonds is 2. The zero-order valence-corrected chi connectivity index (χ0v) is 10.4. The molecule has 0 aliphatic carbocycles. The molecule has 1 aliphatic rings. The maximum atomic E-state index is 11.3. The molecule has 0 saturated heterocycles. The van der Waals surface area contributed by atoms with Crippen LogP contribution in [0.4, 0.5) is 5.69 Å². The molecule has 0 unspecified atom stereocenters. The molecule has 2 heterocycles. The van der Waals surface area contributed by atoms with Crippen molar-refractivity contribution in [1.29, 1.82) is 0 Å². The van der Waals surface area contributed by atoms with Crippen molar-refractivity contribution in [2.24, 2.45) is 0 Å². The number of nitrogens with two attached hydrogens (primary N) is 1. The summed E-state index contributed by atoms with van der Waals surface area (Å²) in [6.45, 7) is 0.185. The lowest BCUT2D eigenvalue weighted by molar-refractivity contribution is 0.174. The number of aromatic amines is 1. The molecule has 1 aliphatic heterocycles. The maximum Gasteiger partial charge on any atom is 0.277 e. The zero-order valence-electron chi connectivity index (χ0n) is 9.58. The SMILES string of the molecule is Cl.Nc1c(Oc2ccc3c(c2)OCO3)nc[nH]c1=O. The van der Waals surface area contributed by atoms with Crippen LogP contribution in [0.2, 0.25) is 0 Å². The highest BCUT2D eigenvalue weighted by atomic mass is 35.5. The lowest BCUT2D eigenvalue weighted by Gasteiger charge is -2.06. The van der Waals surface area contributed by atoms with Gasteiger partial charge in [0.25, 0.3) is 5.56 Å². The van der Waals surface area contributed by atoms with Crippen molar-refractivity contribution in [2.45, 2.75) is 0 Å². The van der Waals surface area contributed by atoms with Crippen LogP contribution in [-0.4, -0.2) is 16.8 Å². The zero-order chi connectivity index (χ0) is 12.5. The van der Waals surface area contributed by atoms with E-state index in [4.69, 9.17) is 19.9 Å². The van der Waals surface area contributed by atoms with Crippen molar-refractivity contribution in [3.63, 3.8) is 0 Å². The highest BCUT2D eigenvalue weighted by molar-refractivity contribution is 5.85. The molecule has 2 aromatic rings. The van der Waals surface area contributed by atoms with Gasteiger partial charge < -0.3 is 24.9 Å². The van der Waals surface area contributed by atoms with Gasteiger partial charge in [-0.1, -0.05) is 0 Å². The molecule has 0 fully saturated rings. The minimum atomic E-state index is -0.444. The van der Waals surface area contributed by atoms with Crippen molar-refractivity contribution in [1.82, 2.24) is 9.97 Å². The Morgan fingerprint density at radius 2 is 2.11 bits per heavy atom. The Kier molecular flexibility index (Phi) is 3.48. The second-order valence-electron chi connectivity index (χ2n) is 3.57. The number of H-pyrrole nitrogens is 1. The van der Waals surface area contributed by atoms with Gasteiger partial charge in [-0.3, -0.25) is 4.79 Å². The molecule has 7 nitrogen and oxygen atoms in total. The normalized spacial score (nSPS) is 11.8. The Morgan fingerprint density at radius 1 is 1.32 bits per heavy atom. The molecule has 1 aromatic heterocycles. The van der Waals surface area contributed by atoms with Gasteiger partial charge in [-0.05, 0) is 12.1 Å². The third kappa shape index (κ3) is 2.41. The second kappa shape index (κ2) is 5.07. The molecule has 0 bridgehead atoms. The molecule has 1 aromatic carbocycles. The highest BCUT2D eigenvalue weighted by Gasteiger charge is 2.15. The molecule has 100 valence electrons. The molecule has 0 saturated carbocycles. The topological polar surface area (TPSA) is 99.5 Å². The Bertz CT molecular complexity index is 659. The average molecular weight is 284 g/mol. The van der Waals surface area contributed by atoms with Gasteiger partial charge in [-0.2, -0.15) is 0 Å². The van der Waals surface area contributed by atoms with Gasteiger partial charge in [0.2, 0.25) is 12.7 Å². The lowest BCUT2D eigenvalue weighted by atomic mass is 10.3. The van der Waals surface area contributed by atoms with Crippen LogP contribution < -0.4 is 25.5 Å². The van der Waals surface area contributed by atoms with Gasteiger partial charge in [0.05, 0.1) is 6.33 Å². The molecule has 3 N–H and O–H groups in total. The summed E-state index contributed by atoms with van der Waals surface area (Å²) in [5.74, 6) is 1.74. The van der Waals surface area contributed by atoms with Crippen molar-refractivity contribution in [2.75, 3.05) is 12.5 Å². The first-order chi connectivity index (χ1) is 8.74. The van der Waals surface area contributed by atoms with E-state index in [-0.39, 0.29) is 30.8 Å². The molecule has 3 rings (SSSR count). The van der Waals surface area contributed by atoms with Gasteiger partial charge in [0.1, 0.15) is 5.75 Å². The van der Waals surface area contributed by atoms with E-state index in [0.29, 0.717) is 17.2 Å². The summed E-state index contributed by atoms with van der Waals surface area (Å²) in [5.41, 5.74) is 5.04. The number of fused-ring (bicyclic) bond motifs is 1. The summed E-state index contributed by atoms with van der Waals surface area (Å²) >= 11 is 0. The minimum Gasteiger partial charge on any atom is -0.454 e. The largest absolute Gasteiger partial charge is 0.454 e. The summed E-state index contributed by atoms with van der Waals surface area (Å²) in [5, 5.41) is 0. The molecular weight excluding hydrogens is 274 g/mol. The number of benzene rings is 1. The van der Waals surface area contributed by atoms with Crippen LogP contribution in [0.25, 0.3) is 0 Å². The van der Waals surface area contributed by atoms with Crippen molar-refractivity contribution < 1.29 is 14.2 Å². The fraction of sp³-hybridized carbons (Fsp3) is 0.0909. The Morgan fingerprint density at radius 3 is 2.95 bits per heavy atom. The number of nitrogen functional groups attached to an aromatic ring is 1. The van der Waals surface area contributed by atoms with Gasteiger partial charge in [-0.15, -0.1) is 12.4 Å². The predicted octanol–water partition coefficient (Wildman–Crippen LogP) is 1.29. The first-order valence-electron chi connectivity index (χ1n) is 5.15. The molecule has 0 amide bonds. The predicted molar refractivity (Wildman–Crippen MR) is 69.2 cm³/mol. The first-order valence-corrected chi connectivity index (χ1v) is 5.15. The van der Waals surface area contributed by atoms with Gasteiger partial charge in [-0.25, -0.2) is 4.98 Å². The summed E-state index contributed by atoms with van der Waals surface area (Å²) in [7, 11) is 0. The molecule has 0 atom stereocenters. The van der Waals surface area contributed by atoms with Crippen LogP contribution in [0.5, 0.6) is 23.1 Å². The number of hydrogen-bond donors (Lipinski definition) is 2. The third-order valence-electron chi connectivity index (χ3n) is 2.41. The van der Waals surface area contributed by atoms with E-state index in [1.165, 1.54) is 6.33 Å². The quantitative estimate of drug-likeness (QED) is 0.861. The van der Waals surface area contributed by atoms with Crippen molar-refractivity contribution in [3.05, 3.63) is 34.9 Å². The summed E-state index contributed by atoms with van der Waals surface area (Å²) in [6, 6.07) is 5.03. The van der Waals surface area contributed by atoms with Crippen LogP contribution in [0.1, 0.15) is 0 Å². The van der Waals surface area contributed by atoms with Gasteiger partial charge in [0.15, 0.2) is 17.2 Å². The van der Waals surface area contributed by atoms with Crippen LogP contribution in [0.3, 0.4) is 0 Å². The number of aromatic nitrogens is 2. The van der Waals surface area contributed by atoms with E-state index in [1.54, 1.807) is 18.2 Å². The molecule has 0 spiro atoms. The van der Waals surface area contributed by atoms with Gasteiger partial charge >= 0.3 is 0 Å². The maximum absolute atomic E-state index is 11.3. The van der Waals surface area contributed by atoms with E-state index in [9.17, 15) is 4.79 Å². The molecule has 0 radical (unpaired) electrons. The number of anilines is 1. The van der Waals surface area contributed by atoms with Crippen molar-refractivity contribution in [3.8, 4) is 23.1 Å². The number of halogens is 1. The number of nitrogens with one attached hydrogen (secondary N) is 1. The number of nitrogens with zero attached hydrogens (tertiary/aromatic N) is 1. The van der Waals surface area contributed by atoms with E-state index >= 15 is 0 Å². The third-order valence-corrected chi connectivity index (χ3v) is 2.41. The summed E-state index contributed by atoms with van der Waals surface area (Å²) < 4.78 is 15.8. The van der Waals surface area contributed by atoms with Crippen LogP contribution >= 0.6 is 12.4 Å². The van der Waals surface area contributed by atoms with Crippen LogP contribution in [-0.2, 0) is 0 Å². The average Bonchev–Trinajstić information content (AvgIpc) is 2.82. The Labute approximate surface area is 113 Å². The lowest BCUT2D eigenvalue weighted by Crippen LogP contribution is -2.13. The number of hydrogen-bond acceptors (Lipinski definition) is 6. The smallest absolute Gasteiger partial charge is 0.277 e. The monoisotopic (exact) mass is 283 g/mol. The fourth-order valence-electron chi connectivity index (χ4n) is 1.53. The Balaban J connectivity index is 0.00000133. The van der Waals surface area contributed by atoms with E-state index in [0.717, 1.165) is 0 Å². The fourth-order valence-corrected chi connectivity index (χ4v) is 1.53. The Hall–Kier alpha value is -2.41. The molecule has 19 heavy (non-hydrogen) atoms. The summed E-state index contributed by atoms with van der Waals surface area (Å²) in [4.78, 5) is 17.5. The molecule has 8 heteroatoms.